The maximum absolute atomic E-state index is 13.7. The number of guanidine groups is 1. The number of hydrogen-bond donors (Lipinski definition) is 2. The van der Waals surface area contributed by atoms with Crippen LogP contribution < -0.4 is 10.6 Å². The van der Waals surface area contributed by atoms with Gasteiger partial charge < -0.3 is 10.6 Å². The molecule has 0 bridgehead atoms. The average Bonchev–Trinajstić information content (AvgIpc) is 2.78. The Morgan fingerprint density at radius 3 is 2.35 bits per heavy atom. The summed E-state index contributed by atoms with van der Waals surface area (Å²) in [5.41, 5.74) is 1.61. The number of halogens is 2. The molecule has 3 rings (SSSR count). The van der Waals surface area contributed by atoms with Crippen LogP contribution in [0.5, 0.6) is 0 Å². The minimum atomic E-state index is -3.41. The monoisotopic (exact) mass is 560 g/mol. The summed E-state index contributed by atoms with van der Waals surface area (Å²) < 4.78 is 40.7. The summed E-state index contributed by atoms with van der Waals surface area (Å²) in [6.07, 6.45) is 3.48. The van der Waals surface area contributed by atoms with E-state index in [2.05, 4.69) is 15.6 Å². The van der Waals surface area contributed by atoms with Crippen molar-refractivity contribution in [3.63, 3.8) is 0 Å². The zero-order valence-electron chi connectivity index (χ0n) is 17.7. The second-order valence-electron chi connectivity index (χ2n) is 7.30. The van der Waals surface area contributed by atoms with E-state index in [1.165, 1.54) is 6.07 Å². The Kier molecular flexibility index (Phi) is 10.2. The van der Waals surface area contributed by atoms with Gasteiger partial charge in [-0.3, -0.25) is 4.99 Å². The van der Waals surface area contributed by atoms with Gasteiger partial charge in [-0.25, -0.2) is 12.8 Å². The summed E-state index contributed by atoms with van der Waals surface area (Å²) in [5, 5.41) is 6.36. The molecule has 2 aromatic carbocycles. The van der Waals surface area contributed by atoms with Crippen molar-refractivity contribution in [3.8, 4) is 0 Å². The molecule has 1 aliphatic heterocycles. The number of sulfonamides is 1. The molecule has 1 aliphatic rings. The van der Waals surface area contributed by atoms with Gasteiger partial charge in [0.15, 0.2) is 5.96 Å². The maximum atomic E-state index is 13.7. The van der Waals surface area contributed by atoms with Crippen LogP contribution in [0, 0.1) is 5.82 Å². The van der Waals surface area contributed by atoms with Crippen LogP contribution in [0.15, 0.2) is 58.4 Å². The van der Waals surface area contributed by atoms with Crippen LogP contribution in [0.1, 0.15) is 30.4 Å². The van der Waals surface area contributed by atoms with Crippen LogP contribution in [-0.2, 0) is 23.0 Å². The first-order chi connectivity index (χ1) is 14.5. The van der Waals surface area contributed by atoms with E-state index >= 15 is 0 Å². The maximum Gasteiger partial charge on any atom is 0.243 e. The normalized spacial score (nSPS) is 15.2. The molecule has 0 saturated carbocycles. The minimum absolute atomic E-state index is 0. The van der Waals surface area contributed by atoms with Gasteiger partial charge in [0, 0.05) is 33.2 Å². The lowest BCUT2D eigenvalue weighted by molar-refractivity contribution is 0.346. The zero-order valence-corrected chi connectivity index (χ0v) is 20.8. The SMILES string of the molecule is CN=C(NCCc1ccccc1F)NCc1ccc(S(=O)(=O)N2CCCCC2)cc1.I. The molecule has 1 fully saturated rings. The lowest BCUT2D eigenvalue weighted by Crippen LogP contribution is -2.38. The summed E-state index contributed by atoms with van der Waals surface area (Å²) in [5.74, 6) is 0.401. The van der Waals surface area contributed by atoms with E-state index in [1.54, 1.807) is 35.6 Å². The van der Waals surface area contributed by atoms with E-state index in [0.717, 1.165) is 24.8 Å². The third-order valence-corrected chi connectivity index (χ3v) is 7.12. The number of piperidine rings is 1. The van der Waals surface area contributed by atoms with Crippen molar-refractivity contribution in [1.29, 1.82) is 0 Å². The topological polar surface area (TPSA) is 73.8 Å². The summed E-state index contributed by atoms with van der Waals surface area (Å²) in [6.45, 7) is 2.25. The quantitative estimate of drug-likeness (QED) is 0.309. The molecule has 0 unspecified atom stereocenters. The fourth-order valence-electron chi connectivity index (χ4n) is 3.46. The van der Waals surface area contributed by atoms with Crippen LogP contribution in [0.25, 0.3) is 0 Å². The van der Waals surface area contributed by atoms with Crippen LogP contribution in [0.4, 0.5) is 4.39 Å². The molecule has 0 atom stereocenters. The highest BCUT2D eigenvalue weighted by Gasteiger charge is 2.25. The third kappa shape index (κ3) is 7.15. The number of rotatable bonds is 7. The molecule has 1 saturated heterocycles. The van der Waals surface area contributed by atoms with E-state index in [0.29, 0.717) is 49.0 Å². The van der Waals surface area contributed by atoms with Gasteiger partial charge in [0.25, 0.3) is 0 Å². The first kappa shape index (κ1) is 25.5. The Morgan fingerprint density at radius 2 is 1.71 bits per heavy atom. The molecule has 0 amide bonds. The third-order valence-electron chi connectivity index (χ3n) is 5.20. The molecule has 2 aromatic rings. The van der Waals surface area contributed by atoms with Gasteiger partial charge in [0.2, 0.25) is 10.0 Å². The van der Waals surface area contributed by atoms with E-state index in [4.69, 9.17) is 0 Å². The molecule has 0 radical (unpaired) electrons. The van der Waals surface area contributed by atoms with Gasteiger partial charge in [-0.15, -0.1) is 24.0 Å². The van der Waals surface area contributed by atoms with Gasteiger partial charge in [-0.2, -0.15) is 4.31 Å². The summed E-state index contributed by atoms with van der Waals surface area (Å²) in [4.78, 5) is 4.51. The number of nitrogens with zero attached hydrogens (tertiary/aromatic N) is 2. The van der Waals surface area contributed by atoms with E-state index in [-0.39, 0.29) is 29.8 Å². The van der Waals surface area contributed by atoms with Crippen LogP contribution >= 0.6 is 24.0 Å². The average molecular weight is 560 g/mol. The molecule has 9 heteroatoms. The second kappa shape index (κ2) is 12.4. The number of nitrogens with one attached hydrogen (secondary N) is 2. The van der Waals surface area contributed by atoms with Crippen molar-refractivity contribution in [2.24, 2.45) is 4.99 Å². The molecule has 0 aliphatic carbocycles. The Balaban J connectivity index is 0.00000341. The van der Waals surface area contributed by atoms with Crippen molar-refractivity contribution in [2.45, 2.75) is 37.1 Å². The summed E-state index contributed by atoms with van der Waals surface area (Å²) in [6, 6.07) is 13.7. The van der Waals surface area contributed by atoms with E-state index < -0.39 is 10.0 Å². The van der Waals surface area contributed by atoms with Crippen molar-refractivity contribution in [1.82, 2.24) is 14.9 Å². The van der Waals surface area contributed by atoms with Crippen molar-refractivity contribution >= 4 is 40.0 Å². The molecule has 2 N–H and O–H groups in total. The van der Waals surface area contributed by atoms with Crippen molar-refractivity contribution < 1.29 is 12.8 Å². The molecular formula is C22H30FIN4O2S. The first-order valence-electron chi connectivity index (χ1n) is 10.3. The smallest absolute Gasteiger partial charge is 0.243 e. The van der Waals surface area contributed by atoms with Crippen LogP contribution in [0.3, 0.4) is 0 Å². The highest BCUT2D eigenvalue weighted by molar-refractivity contribution is 14.0. The standard InChI is InChI=1S/C22H29FN4O2S.HI/c1-24-22(25-14-13-19-7-3-4-8-21(19)23)26-17-18-9-11-20(12-10-18)30(28,29)27-15-5-2-6-16-27;/h3-4,7-12H,2,5-6,13-17H2,1H3,(H2,24,25,26);1H. The lowest BCUT2D eigenvalue weighted by atomic mass is 10.1. The molecule has 6 nitrogen and oxygen atoms in total. The highest BCUT2D eigenvalue weighted by Crippen LogP contribution is 2.20. The fraction of sp³-hybridized carbons (Fsp3) is 0.409. The second-order valence-corrected chi connectivity index (χ2v) is 9.24. The number of aliphatic imine (C=N–C) groups is 1. The summed E-state index contributed by atoms with van der Waals surface area (Å²) >= 11 is 0. The Bertz CT molecular complexity index is 962. The van der Waals surface area contributed by atoms with Gasteiger partial charge in [-0.1, -0.05) is 36.8 Å². The number of benzene rings is 2. The van der Waals surface area contributed by atoms with E-state index in [9.17, 15) is 12.8 Å². The Hall–Kier alpha value is -1.72. The van der Waals surface area contributed by atoms with Crippen molar-refractivity contribution in [2.75, 3.05) is 26.7 Å². The number of hydrogen-bond acceptors (Lipinski definition) is 3. The molecule has 31 heavy (non-hydrogen) atoms. The molecule has 0 aromatic heterocycles. The van der Waals surface area contributed by atoms with Gasteiger partial charge in [-0.05, 0) is 48.6 Å². The van der Waals surface area contributed by atoms with Crippen LogP contribution in [-0.4, -0.2) is 45.4 Å². The van der Waals surface area contributed by atoms with Gasteiger partial charge >= 0.3 is 0 Å². The summed E-state index contributed by atoms with van der Waals surface area (Å²) in [7, 11) is -1.74. The van der Waals surface area contributed by atoms with Gasteiger partial charge in [0.1, 0.15) is 5.82 Å². The molecule has 170 valence electrons. The van der Waals surface area contributed by atoms with Crippen LogP contribution in [0.2, 0.25) is 0 Å². The first-order valence-corrected chi connectivity index (χ1v) is 11.7. The largest absolute Gasteiger partial charge is 0.356 e. The predicted molar refractivity (Wildman–Crippen MR) is 133 cm³/mol. The predicted octanol–water partition coefficient (Wildman–Crippen LogP) is 3.53. The highest BCUT2D eigenvalue weighted by atomic mass is 127. The van der Waals surface area contributed by atoms with E-state index in [1.807, 2.05) is 18.2 Å². The Morgan fingerprint density at radius 1 is 1.03 bits per heavy atom. The Labute approximate surface area is 201 Å². The lowest BCUT2D eigenvalue weighted by Gasteiger charge is -2.25. The fourth-order valence-corrected chi connectivity index (χ4v) is 4.97. The van der Waals surface area contributed by atoms with Gasteiger partial charge in [0.05, 0.1) is 4.90 Å². The molecule has 0 spiro atoms. The molecule has 1 heterocycles. The zero-order chi connectivity index (χ0) is 21.4. The minimum Gasteiger partial charge on any atom is -0.356 e. The molecular weight excluding hydrogens is 530 g/mol. The van der Waals surface area contributed by atoms with Crippen molar-refractivity contribution in [3.05, 3.63) is 65.5 Å².